The van der Waals surface area contributed by atoms with Gasteiger partial charge in [-0.25, -0.2) is 0 Å². The van der Waals surface area contributed by atoms with Crippen molar-refractivity contribution in [3.63, 3.8) is 0 Å². The van der Waals surface area contributed by atoms with Crippen LogP contribution in [0.2, 0.25) is 0 Å². The van der Waals surface area contributed by atoms with E-state index in [1.54, 1.807) is 43.5 Å². The zero-order valence-electron chi connectivity index (χ0n) is 17.4. The topological polar surface area (TPSA) is 58.6 Å². The number of carbonyl (C=O) groups is 2. The predicted molar refractivity (Wildman–Crippen MR) is 125 cm³/mol. The minimum atomic E-state index is -0.132. The lowest BCUT2D eigenvalue weighted by Crippen LogP contribution is -2.35. The molecule has 0 fully saturated rings. The van der Waals surface area contributed by atoms with Crippen molar-refractivity contribution in [2.45, 2.75) is 25.9 Å². The number of ether oxygens (including phenoxy) is 1. The molecule has 0 saturated heterocycles. The van der Waals surface area contributed by atoms with E-state index in [4.69, 9.17) is 4.74 Å². The number of nitrogens with one attached hydrogen (secondary N) is 1. The normalized spacial score (nSPS) is 14.8. The number of rotatable bonds is 5. The zero-order chi connectivity index (χ0) is 22.0. The first-order valence-electron chi connectivity index (χ1n) is 10.1. The first kappa shape index (κ1) is 21.1. The van der Waals surface area contributed by atoms with Crippen molar-refractivity contribution in [1.29, 1.82) is 0 Å². The quantitative estimate of drug-likeness (QED) is 0.562. The Morgan fingerprint density at radius 1 is 1.03 bits per heavy atom. The molecule has 1 heterocycles. The molecule has 1 unspecified atom stereocenters. The molecule has 0 aliphatic carbocycles. The summed E-state index contributed by atoms with van der Waals surface area (Å²) in [5, 5.41) is 2.95. The molecule has 0 saturated carbocycles. The third-order valence-corrected chi connectivity index (χ3v) is 6.01. The van der Waals surface area contributed by atoms with Crippen LogP contribution in [0.1, 0.15) is 38.8 Å². The highest BCUT2D eigenvalue weighted by atomic mass is 79.9. The van der Waals surface area contributed by atoms with Crippen LogP contribution in [0.3, 0.4) is 0 Å². The summed E-state index contributed by atoms with van der Waals surface area (Å²) >= 11 is 3.37. The number of amides is 2. The summed E-state index contributed by atoms with van der Waals surface area (Å²) in [6.07, 6.45) is 0.808. The van der Waals surface area contributed by atoms with Crippen LogP contribution in [-0.4, -0.2) is 25.0 Å². The van der Waals surface area contributed by atoms with Gasteiger partial charge in [-0.05, 0) is 79.1 Å². The first-order valence-corrected chi connectivity index (χ1v) is 10.9. The van der Waals surface area contributed by atoms with Crippen molar-refractivity contribution < 1.29 is 14.3 Å². The molecule has 6 heteroatoms. The highest BCUT2D eigenvalue weighted by molar-refractivity contribution is 9.10. The van der Waals surface area contributed by atoms with Crippen LogP contribution in [0.5, 0.6) is 5.75 Å². The van der Waals surface area contributed by atoms with Gasteiger partial charge in [-0.15, -0.1) is 0 Å². The van der Waals surface area contributed by atoms with Gasteiger partial charge in [0, 0.05) is 33.9 Å². The van der Waals surface area contributed by atoms with E-state index in [0.29, 0.717) is 17.7 Å². The number of benzene rings is 3. The number of hydrogen-bond acceptors (Lipinski definition) is 3. The van der Waals surface area contributed by atoms with Gasteiger partial charge in [0.15, 0.2) is 0 Å². The fourth-order valence-corrected chi connectivity index (χ4v) is 4.10. The fourth-order valence-electron chi connectivity index (χ4n) is 3.83. The van der Waals surface area contributed by atoms with Crippen molar-refractivity contribution in [2.75, 3.05) is 12.0 Å². The Morgan fingerprint density at radius 2 is 1.71 bits per heavy atom. The van der Waals surface area contributed by atoms with Crippen LogP contribution in [0.4, 0.5) is 5.69 Å². The van der Waals surface area contributed by atoms with Crippen LogP contribution in [0.25, 0.3) is 0 Å². The van der Waals surface area contributed by atoms with E-state index in [-0.39, 0.29) is 17.9 Å². The largest absolute Gasteiger partial charge is 0.497 e. The average Bonchev–Trinajstić information content (AvgIpc) is 3.12. The van der Waals surface area contributed by atoms with E-state index in [1.165, 1.54) is 0 Å². The van der Waals surface area contributed by atoms with Gasteiger partial charge in [0.2, 0.25) is 0 Å². The molecule has 0 aromatic heterocycles. The molecule has 0 bridgehead atoms. The highest BCUT2D eigenvalue weighted by Gasteiger charge is 2.31. The van der Waals surface area contributed by atoms with Crippen molar-refractivity contribution in [1.82, 2.24) is 5.32 Å². The van der Waals surface area contributed by atoms with Gasteiger partial charge in [0.25, 0.3) is 11.8 Å². The SMILES string of the molecule is COc1ccc(C(=O)N2c3cc(CNC(=O)c4ccc(Br)cc4)ccc3CC2C)cc1. The van der Waals surface area contributed by atoms with E-state index in [2.05, 4.69) is 28.2 Å². The average molecular weight is 479 g/mol. The lowest BCUT2D eigenvalue weighted by Gasteiger charge is -2.23. The molecule has 1 atom stereocenters. The molecule has 5 nitrogen and oxygen atoms in total. The third kappa shape index (κ3) is 4.49. The Balaban J connectivity index is 1.51. The molecule has 31 heavy (non-hydrogen) atoms. The Labute approximate surface area is 190 Å². The Bertz CT molecular complexity index is 1110. The van der Waals surface area contributed by atoms with Crippen molar-refractivity contribution >= 4 is 33.4 Å². The highest BCUT2D eigenvalue weighted by Crippen LogP contribution is 2.34. The predicted octanol–water partition coefficient (Wildman–Crippen LogP) is 4.98. The summed E-state index contributed by atoms with van der Waals surface area (Å²) in [6.45, 7) is 2.44. The van der Waals surface area contributed by atoms with Gasteiger partial charge in [-0.3, -0.25) is 9.59 Å². The van der Waals surface area contributed by atoms with Crippen molar-refractivity contribution in [3.05, 3.63) is 93.5 Å². The van der Waals surface area contributed by atoms with Gasteiger partial charge < -0.3 is 15.0 Å². The second kappa shape index (κ2) is 8.94. The minimum Gasteiger partial charge on any atom is -0.497 e. The van der Waals surface area contributed by atoms with Crippen LogP contribution in [0.15, 0.2) is 71.2 Å². The molecule has 3 aromatic carbocycles. The number of methoxy groups -OCH3 is 1. The van der Waals surface area contributed by atoms with E-state index in [9.17, 15) is 9.59 Å². The number of nitrogens with zero attached hydrogens (tertiary/aromatic N) is 1. The molecule has 1 N–H and O–H groups in total. The molecule has 4 rings (SSSR count). The summed E-state index contributed by atoms with van der Waals surface area (Å²) in [5.41, 5.74) is 4.22. The summed E-state index contributed by atoms with van der Waals surface area (Å²) in [5.74, 6) is 0.549. The molecule has 1 aliphatic heterocycles. The zero-order valence-corrected chi connectivity index (χ0v) is 19.0. The molecule has 2 amide bonds. The Hall–Kier alpha value is -3.12. The fraction of sp³-hybridized carbons (Fsp3) is 0.200. The maximum Gasteiger partial charge on any atom is 0.258 e. The second-order valence-corrected chi connectivity index (χ2v) is 8.53. The number of fused-ring (bicyclic) bond motifs is 1. The third-order valence-electron chi connectivity index (χ3n) is 5.48. The molecule has 158 valence electrons. The van der Waals surface area contributed by atoms with Gasteiger partial charge in [-0.2, -0.15) is 0 Å². The van der Waals surface area contributed by atoms with Crippen LogP contribution < -0.4 is 15.0 Å². The second-order valence-electron chi connectivity index (χ2n) is 7.61. The van der Waals surface area contributed by atoms with Crippen molar-refractivity contribution in [3.8, 4) is 5.75 Å². The number of hydrogen-bond donors (Lipinski definition) is 1. The monoisotopic (exact) mass is 478 g/mol. The summed E-state index contributed by atoms with van der Waals surface area (Å²) in [7, 11) is 1.60. The van der Waals surface area contributed by atoms with Gasteiger partial charge in [-0.1, -0.05) is 28.1 Å². The van der Waals surface area contributed by atoms with Crippen LogP contribution in [0, 0.1) is 0 Å². The minimum absolute atomic E-state index is 0.0371. The molecule has 0 radical (unpaired) electrons. The van der Waals surface area contributed by atoms with Crippen LogP contribution >= 0.6 is 15.9 Å². The standard InChI is InChI=1S/C25H23BrN2O3/c1-16-13-20-4-3-17(15-27-24(29)18-5-9-21(26)10-6-18)14-23(20)28(16)25(30)19-7-11-22(31-2)12-8-19/h3-12,14,16H,13,15H2,1-2H3,(H,27,29). The Morgan fingerprint density at radius 3 is 2.39 bits per heavy atom. The summed E-state index contributed by atoms with van der Waals surface area (Å²) in [6, 6.07) is 20.5. The Kier molecular flexibility index (Phi) is 6.09. The lowest BCUT2D eigenvalue weighted by atomic mass is 10.1. The number of anilines is 1. The van der Waals surface area contributed by atoms with E-state index >= 15 is 0 Å². The lowest BCUT2D eigenvalue weighted by molar-refractivity contribution is 0.0948. The maximum atomic E-state index is 13.2. The molecular weight excluding hydrogens is 456 g/mol. The van der Waals surface area contributed by atoms with Crippen LogP contribution in [-0.2, 0) is 13.0 Å². The first-order chi connectivity index (χ1) is 15.0. The van der Waals surface area contributed by atoms with E-state index in [0.717, 1.165) is 33.5 Å². The maximum absolute atomic E-state index is 13.2. The number of carbonyl (C=O) groups excluding carboxylic acids is 2. The molecular formula is C25H23BrN2O3. The van der Waals surface area contributed by atoms with Gasteiger partial charge in [0.05, 0.1) is 7.11 Å². The van der Waals surface area contributed by atoms with Gasteiger partial charge in [0.1, 0.15) is 5.75 Å². The van der Waals surface area contributed by atoms with Gasteiger partial charge >= 0.3 is 0 Å². The smallest absolute Gasteiger partial charge is 0.258 e. The summed E-state index contributed by atoms with van der Waals surface area (Å²) < 4.78 is 6.12. The van der Waals surface area contributed by atoms with E-state index < -0.39 is 0 Å². The molecule has 0 spiro atoms. The van der Waals surface area contributed by atoms with E-state index in [1.807, 2.05) is 35.2 Å². The summed E-state index contributed by atoms with van der Waals surface area (Å²) in [4.78, 5) is 27.5. The molecule has 3 aromatic rings. The number of halogens is 1. The molecule has 1 aliphatic rings. The van der Waals surface area contributed by atoms with Crippen molar-refractivity contribution in [2.24, 2.45) is 0 Å².